The summed E-state index contributed by atoms with van der Waals surface area (Å²) in [6.07, 6.45) is 4.59. The number of hydrogen-bond donors (Lipinski definition) is 2. The minimum Gasteiger partial charge on any atom is -0.491 e. The summed E-state index contributed by atoms with van der Waals surface area (Å²) in [6, 6.07) is 8.20. The van der Waals surface area contributed by atoms with Crippen LogP contribution in [-0.2, 0) is 25.9 Å². The molecule has 0 radical (unpaired) electrons. The third kappa shape index (κ3) is 6.53. The van der Waals surface area contributed by atoms with Crippen LogP contribution in [0.5, 0.6) is 5.75 Å². The second kappa shape index (κ2) is 10.5. The van der Waals surface area contributed by atoms with Gasteiger partial charge in [-0.05, 0) is 25.1 Å². The van der Waals surface area contributed by atoms with Gasteiger partial charge in [0.2, 0.25) is 5.91 Å². The van der Waals surface area contributed by atoms with E-state index in [1.807, 2.05) is 19.2 Å². The van der Waals surface area contributed by atoms with Gasteiger partial charge >= 0.3 is 0 Å². The number of carbonyl (C=O) groups excluding carboxylic acids is 1. The van der Waals surface area contributed by atoms with E-state index < -0.39 is 9.84 Å². The number of benzene rings is 1. The lowest BCUT2D eigenvalue weighted by atomic mass is 10.1. The fourth-order valence-corrected chi connectivity index (χ4v) is 3.70. The Morgan fingerprint density at radius 1 is 1.18 bits per heavy atom. The van der Waals surface area contributed by atoms with E-state index in [-0.39, 0.29) is 17.4 Å². The largest absolute Gasteiger partial charge is 0.491 e. The van der Waals surface area contributed by atoms with Gasteiger partial charge in [0.1, 0.15) is 18.2 Å². The minimum absolute atomic E-state index is 0.105. The first kappa shape index (κ1) is 24.2. The van der Waals surface area contributed by atoms with E-state index in [2.05, 4.69) is 20.7 Å². The molecule has 0 saturated heterocycles. The molecule has 176 valence electrons. The maximum Gasteiger partial charge on any atom is 0.222 e. The zero-order chi connectivity index (χ0) is 24.0. The van der Waals surface area contributed by atoms with Crippen molar-refractivity contribution in [2.24, 2.45) is 0 Å². The van der Waals surface area contributed by atoms with Gasteiger partial charge in [-0.2, -0.15) is 5.10 Å². The molecule has 3 rings (SSSR count). The Kier molecular flexibility index (Phi) is 7.67. The van der Waals surface area contributed by atoms with Crippen molar-refractivity contribution in [1.29, 1.82) is 0 Å². The number of carbonyl (C=O) groups is 1. The summed E-state index contributed by atoms with van der Waals surface area (Å²) in [5, 5.41) is 10.4. The van der Waals surface area contributed by atoms with Gasteiger partial charge in [0.15, 0.2) is 9.84 Å². The van der Waals surface area contributed by atoms with Crippen LogP contribution in [0.1, 0.15) is 13.8 Å². The van der Waals surface area contributed by atoms with E-state index in [1.165, 1.54) is 19.1 Å². The fraction of sp³-hybridized carbons (Fsp3) is 0.318. The lowest BCUT2D eigenvalue weighted by Crippen LogP contribution is -2.08. The maximum absolute atomic E-state index is 12.2. The molecule has 0 aliphatic heterocycles. The van der Waals surface area contributed by atoms with E-state index in [9.17, 15) is 13.2 Å². The third-order valence-electron chi connectivity index (χ3n) is 4.59. The molecule has 2 heterocycles. The smallest absolute Gasteiger partial charge is 0.222 e. The van der Waals surface area contributed by atoms with Gasteiger partial charge in [0.25, 0.3) is 0 Å². The van der Waals surface area contributed by atoms with E-state index in [0.717, 1.165) is 6.26 Å². The standard InChI is InChI=1S/C22H27N5O5S/c1-5-27-7-6-20(26-27)19-14-23-22(24-15(2)28)13-21(19)25-16-10-17(32-9-8-31-3)12-18(11-16)33(4,29)30/h6-7,10-14H,5,8-9H2,1-4H3,(H2,23,24,25,28). The molecule has 2 N–H and O–H groups in total. The predicted octanol–water partition coefficient (Wildman–Crippen LogP) is 3.10. The lowest BCUT2D eigenvalue weighted by Gasteiger charge is -2.15. The van der Waals surface area contributed by atoms with Crippen LogP contribution in [0.3, 0.4) is 0 Å². The molecule has 0 bridgehead atoms. The van der Waals surface area contributed by atoms with Crippen molar-refractivity contribution in [3.8, 4) is 17.0 Å². The number of nitrogens with zero attached hydrogens (tertiary/aromatic N) is 3. The Morgan fingerprint density at radius 2 is 1.97 bits per heavy atom. The molecule has 0 fully saturated rings. The lowest BCUT2D eigenvalue weighted by molar-refractivity contribution is -0.114. The summed E-state index contributed by atoms with van der Waals surface area (Å²) in [6.45, 7) is 4.71. The molecular formula is C22H27N5O5S. The summed E-state index contributed by atoms with van der Waals surface area (Å²) >= 11 is 0. The molecule has 1 aromatic carbocycles. The third-order valence-corrected chi connectivity index (χ3v) is 5.68. The van der Waals surface area contributed by atoms with Crippen LogP contribution in [-0.4, -0.2) is 55.7 Å². The number of methoxy groups -OCH3 is 1. The van der Waals surface area contributed by atoms with Crippen LogP contribution in [0.4, 0.5) is 17.2 Å². The average molecular weight is 474 g/mol. The quantitative estimate of drug-likeness (QED) is 0.431. The van der Waals surface area contributed by atoms with Crippen molar-refractivity contribution >= 4 is 32.9 Å². The monoisotopic (exact) mass is 473 g/mol. The van der Waals surface area contributed by atoms with Crippen LogP contribution in [0, 0.1) is 0 Å². The number of aromatic nitrogens is 3. The summed E-state index contributed by atoms with van der Waals surface area (Å²) in [5.74, 6) is 0.467. The van der Waals surface area contributed by atoms with Gasteiger partial charge in [0.05, 0.1) is 22.9 Å². The minimum atomic E-state index is -3.49. The second-order valence-corrected chi connectivity index (χ2v) is 9.30. The molecule has 0 aliphatic carbocycles. The molecule has 0 saturated carbocycles. The first-order valence-electron chi connectivity index (χ1n) is 10.2. The molecule has 0 atom stereocenters. The van der Waals surface area contributed by atoms with Gasteiger partial charge in [-0.1, -0.05) is 0 Å². The number of hydrogen-bond acceptors (Lipinski definition) is 8. The average Bonchev–Trinajstić information content (AvgIpc) is 3.22. The predicted molar refractivity (Wildman–Crippen MR) is 126 cm³/mol. The Morgan fingerprint density at radius 3 is 2.61 bits per heavy atom. The van der Waals surface area contributed by atoms with Crippen LogP contribution in [0.15, 0.2) is 47.6 Å². The fourth-order valence-electron chi connectivity index (χ4n) is 3.03. The van der Waals surface area contributed by atoms with Crippen LogP contribution in [0.25, 0.3) is 11.3 Å². The highest BCUT2D eigenvalue weighted by Crippen LogP contribution is 2.33. The zero-order valence-corrected chi connectivity index (χ0v) is 19.8. The van der Waals surface area contributed by atoms with E-state index in [0.29, 0.717) is 47.4 Å². The molecule has 0 unspecified atom stereocenters. The van der Waals surface area contributed by atoms with Gasteiger partial charge in [-0.25, -0.2) is 13.4 Å². The van der Waals surface area contributed by atoms with E-state index >= 15 is 0 Å². The number of aryl methyl sites for hydroxylation is 1. The summed E-state index contributed by atoms with van der Waals surface area (Å²) in [5.41, 5.74) is 2.44. The van der Waals surface area contributed by atoms with Crippen molar-refractivity contribution in [3.63, 3.8) is 0 Å². The topological polar surface area (TPSA) is 124 Å². The summed E-state index contributed by atoms with van der Waals surface area (Å²) in [7, 11) is -1.94. The molecule has 11 heteroatoms. The number of amides is 1. The maximum atomic E-state index is 12.2. The molecule has 0 aliphatic rings. The number of pyridine rings is 1. The van der Waals surface area contributed by atoms with Crippen LogP contribution >= 0.6 is 0 Å². The first-order valence-corrected chi connectivity index (χ1v) is 12.1. The highest BCUT2D eigenvalue weighted by molar-refractivity contribution is 7.90. The number of sulfone groups is 1. The molecule has 33 heavy (non-hydrogen) atoms. The van der Waals surface area contributed by atoms with Crippen molar-refractivity contribution in [2.75, 3.05) is 37.2 Å². The van der Waals surface area contributed by atoms with E-state index in [4.69, 9.17) is 9.47 Å². The number of anilines is 3. The van der Waals surface area contributed by atoms with Crippen molar-refractivity contribution in [2.45, 2.75) is 25.3 Å². The van der Waals surface area contributed by atoms with Gasteiger partial charge < -0.3 is 20.1 Å². The van der Waals surface area contributed by atoms with Crippen molar-refractivity contribution < 1.29 is 22.7 Å². The SMILES string of the molecule is CCn1ccc(-c2cnc(NC(C)=O)cc2Nc2cc(OCCOC)cc(S(C)(=O)=O)c2)n1. The van der Waals surface area contributed by atoms with Crippen LogP contribution < -0.4 is 15.4 Å². The normalized spacial score (nSPS) is 11.3. The highest BCUT2D eigenvalue weighted by atomic mass is 32.2. The number of ether oxygens (including phenoxy) is 2. The van der Waals surface area contributed by atoms with E-state index in [1.54, 1.807) is 30.1 Å². The molecule has 1 amide bonds. The molecule has 0 spiro atoms. The zero-order valence-electron chi connectivity index (χ0n) is 19.0. The highest BCUT2D eigenvalue weighted by Gasteiger charge is 2.15. The summed E-state index contributed by atoms with van der Waals surface area (Å²) < 4.78 is 36.9. The molecule has 2 aromatic heterocycles. The molecule has 10 nitrogen and oxygen atoms in total. The first-order chi connectivity index (χ1) is 15.7. The van der Waals surface area contributed by atoms with Gasteiger partial charge in [-0.15, -0.1) is 0 Å². The summed E-state index contributed by atoms with van der Waals surface area (Å²) in [4.78, 5) is 15.9. The second-order valence-electron chi connectivity index (χ2n) is 7.28. The number of nitrogens with one attached hydrogen (secondary N) is 2. The van der Waals surface area contributed by atoms with Crippen LogP contribution in [0.2, 0.25) is 0 Å². The Balaban J connectivity index is 2.05. The Bertz CT molecular complexity index is 1240. The van der Waals surface area contributed by atoms with Crippen molar-refractivity contribution in [3.05, 3.63) is 42.7 Å². The molecule has 3 aromatic rings. The van der Waals surface area contributed by atoms with Gasteiger partial charge in [0, 0.05) is 62.6 Å². The Hall–Kier alpha value is -3.44. The number of rotatable bonds is 10. The Labute approximate surface area is 192 Å². The van der Waals surface area contributed by atoms with Crippen molar-refractivity contribution in [1.82, 2.24) is 14.8 Å². The van der Waals surface area contributed by atoms with Gasteiger partial charge in [-0.3, -0.25) is 9.48 Å². The molecular weight excluding hydrogens is 446 g/mol.